The van der Waals surface area contributed by atoms with Crippen LogP contribution in [0.5, 0.6) is 0 Å². The van der Waals surface area contributed by atoms with Crippen LogP contribution in [-0.4, -0.2) is 75.9 Å². The number of fused-ring (bicyclic) bond motifs is 1. The van der Waals surface area contributed by atoms with Gasteiger partial charge in [0, 0.05) is 18.3 Å². The first kappa shape index (κ1) is 24.6. The number of hydrogen-bond acceptors (Lipinski definition) is 8. The van der Waals surface area contributed by atoms with Crippen molar-refractivity contribution in [2.24, 2.45) is 23.2 Å². The van der Waals surface area contributed by atoms with Gasteiger partial charge in [-0.1, -0.05) is 32.9 Å². The van der Waals surface area contributed by atoms with E-state index in [0.717, 1.165) is 18.4 Å². The van der Waals surface area contributed by atoms with Crippen molar-refractivity contribution in [2.45, 2.75) is 96.3 Å². The molecule has 1 aliphatic heterocycles. The third kappa shape index (κ3) is 4.70. The number of aliphatic hydroxyl groups excluding tert-OH is 4. The van der Waals surface area contributed by atoms with Crippen LogP contribution >= 0.6 is 0 Å². The number of hydrogen-bond donors (Lipinski definition) is 4. The molecule has 1 saturated heterocycles. The summed E-state index contributed by atoms with van der Waals surface area (Å²) >= 11 is 0. The average Bonchev–Trinajstić information content (AvgIpc) is 2.70. The van der Waals surface area contributed by atoms with E-state index in [1.165, 1.54) is 6.92 Å². The van der Waals surface area contributed by atoms with Crippen LogP contribution < -0.4 is 0 Å². The molecular weight excluding hydrogens is 404 g/mol. The fraction of sp³-hybridized carbons (Fsp3) is 0.870. The van der Waals surface area contributed by atoms with E-state index in [2.05, 4.69) is 27.4 Å². The van der Waals surface area contributed by atoms with Crippen LogP contribution in [0.4, 0.5) is 0 Å². The highest BCUT2D eigenvalue weighted by Crippen LogP contribution is 2.56. The van der Waals surface area contributed by atoms with Crippen molar-refractivity contribution < 1.29 is 39.4 Å². The second-order valence-electron chi connectivity index (χ2n) is 10.1. The summed E-state index contributed by atoms with van der Waals surface area (Å²) in [6.45, 7) is 11.6. The van der Waals surface area contributed by atoms with Crippen molar-refractivity contribution in [1.29, 1.82) is 0 Å². The normalized spacial score (nSPS) is 46.0. The Morgan fingerprint density at radius 1 is 1.19 bits per heavy atom. The second kappa shape index (κ2) is 9.45. The summed E-state index contributed by atoms with van der Waals surface area (Å²) in [5.41, 5.74) is 0.630. The maximum Gasteiger partial charge on any atom is 0.302 e. The molecule has 8 nitrogen and oxygen atoms in total. The first-order valence-electron chi connectivity index (χ1n) is 11.3. The molecule has 1 heterocycles. The molecule has 0 aromatic heterocycles. The zero-order valence-corrected chi connectivity index (χ0v) is 18.9. The fourth-order valence-corrected chi connectivity index (χ4v) is 5.71. The minimum atomic E-state index is -1.51. The molecular formula is C23H38O8. The molecule has 3 rings (SSSR count). The number of rotatable bonds is 5. The molecule has 0 radical (unpaired) electrons. The van der Waals surface area contributed by atoms with Gasteiger partial charge in [-0.05, 0) is 37.5 Å². The van der Waals surface area contributed by atoms with E-state index in [1.807, 2.05) is 0 Å². The van der Waals surface area contributed by atoms with E-state index in [4.69, 9.17) is 14.2 Å². The van der Waals surface area contributed by atoms with Gasteiger partial charge in [0.15, 0.2) is 6.29 Å². The van der Waals surface area contributed by atoms with Gasteiger partial charge in [0.2, 0.25) is 0 Å². The highest BCUT2D eigenvalue weighted by Gasteiger charge is 2.56. The molecule has 3 fully saturated rings. The number of carbonyl (C=O) groups excluding carboxylic acids is 1. The topological polar surface area (TPSA) is 126 Å². The summed E-state index contributed by atoms with van der Waals surface area (Å²) in [4.78, 5) is 11.2. The standard InChI is InChI=1S/C23H38O8/c1-11(2)14-8-9-23(5)16(25)7-6-12(3)17(23)21(14)31-22-20(28)19(27)18(26)15(30-22)10-29-13(4)24/h11,14-22,25-28H,3,6-10H2,1-2,4-5H3/t14-,15+,16-,17-,18-,19-,20-,21-,22-,23+/m1/s1. The number of esters is 1. The lowest BCUT2D eigenvalue weighted by Crippen LogP contribution is -2.62. The smallest absolute Gasteiger partial charge is 0.302 e. The van der Waals surface area contributed by atoms with Crippen molar-refractivity contribution in [2.75, 3.05) is 6.61 Å². The Morgan fingerprint density at radius 2 is 1.87 bits per heavy atom. The van der Waals surface area contributed by atoms with E-state index < -0.39 is 42.8 Å². The van der Waals surface area contributed by atoms with Crippen LogP contribution in [0.25, 0.3) is 0 Å². The molecule has 0 aromatic carbocycles. The third-order valence-corrected chi connectivity index (χ3v) is 7.68. The van der Waals surface area contributed by atoms with Gasteiger partial charge < -0.3 is 34.6 Å². The Morgan fingerprint density at radius 3 is 2.48 bits per heavy atom. The predicted octanol–water partition coefficient (Wildman–Crippen LogP) is 1.14. The van der Waals surface area contributed by atoms with Crippen LogP contribution in [0.15, 0.2) is 12.2 Å². The number of carbonyl (C=O) groups is 1. The third-order valence-electron chi connectivity index (χ3n) is 7.68. The summed E-state index contributed by atoms with van der Waals surface area (Å²) < 4.78 is 17.1. The SMILES string of the molecule is C=C1CC[C@@H](O)[C@]2(C)CC[C@H](C(C)C)[C@@H](O[C@H]3O[C@@H](COC(C)=O)[C@@H](O)[C@@H](O)[C@H]3O)[C@@H]12. The average molecular weight is 443 g/mol. The molecule has 3 aliphatic rings. The first-order chi connectivity index (χ1) is 14.5. The van der Waals surface area contributed by atoms with E-state index in [1.54, 1.807) is 0 Å². The second-order valence-corrected chi connectivity index (χ2v) is 10.1. The zero-order chi connectivity index (χ0) is 23.1. The summed E-state index contributed by atoms with van der Waals surface area (Å²) in [7, 11) is 0. The molecule has 4 N–H and O–H groups in total. The molecule has 10 atom stereocenters. The number of ether oxygens (including phenoxy) is 3. The molecule has 31 heavy (non-hydrogen) atoms. The largest absolute Gasteiger partial charge is 0.463 e. The quantitative estimate of drug-likeness (QED) is 0.369. The van der Waals surface area contributed by atoms with Crippen molar-refractivity contribution in [3.8, 4) is 0 Å². The van der Waals surface area contributed by atoms with Crippen molar-refractivity contribution in [3.63, 3.8) is 0 Å². The van der Waals surface area contributed by atoms with Crippen molar-refractivity contribution >= 4 is 5.97 Å². The number of aliphatic hydroxyl groups is 4. The van der Waals surface area contributed by atoms with Gasteiger partial charge in [0.05, 0.1) is 12.2 Å². The monoisotopic (exact) mass is 442 g/mol. The van der Waals surface area contributed by atoms with E-state index in [-0.39, 0.29) is 35.9 Å². The van der Waals surface area contributed by atoms with Gasteiger partial charge >= 0.3 is 5.97 Å². The van der Waals surface area contributed by atoms with Crippen LogP contribution in [0.2, 0.25) is 0 Å². The van der Waals surface area contributed by atoms with Crippen LogP contribution in [0, 0.1) is 23.2 Å². The summed E-state index contributed by atoms with van der Waals surface area (Å²) in [6.07, 6.45) is -4.40. The van der Waals surface area contributed by atoms with E-state index >= 15 is 0 Å². The van der Waals surface area contributed by atoms with Gasteiger partial charge in [-0.15, -0.1) is 0 Å². The highest BCUT2D eigenvalue weighted by atomic mass is 16.7. The molecule has 0 unspecified atom stereocenters. The predicted molar refractivity (Wildman–Crippen MR) is 112 cm³/mol. The van der Waals surface area contributed by atoms with Gasteiger partial charge in [0.1, 0.15) is 31.0 Å². The molecule has 0 aromatic rings. The van der Waals surface area contributed by atoms with Crippen LogP contribution in [-0.2, 0) is 19.0 Å². The lowest BCUT2D eigenvalue weighted by atomic mass is 9.53. The Bertz CT molecular complexity index is 666. The minimum absolute atomic E-state index is 0.121. The molecule has 0 amide bonds. The summed E-state index contributed by atoms with van der Waals surface area (Å²) in [6, 6.07) is 0. The molecule has 2 saturated carbocycles. The van der Waals surface area contributed by atoms with Gasteiger partial charge in [-0.25, -0.2) is 0 Å². The molecule has 0 bridgehead atoms. The Labute approximate surface area is 184 Å². The van der Waals surface area contributed by atoms with E-state index in [0.29, 0.717) is 12.8 Å². The van der Waals surface area contributed by atoms with Gasteiger partial charge in [-0.3, -0.25) is 4.79 Å². The van der Waals surface area contributed by atoms with Crippen molar-refractivity contribution in [1.82, 2.24) is 0 Å². The van der Waals surface area contributed by atoms with Crippen LogP contribution in [0.3, 0.4) is 0 Å². The maximum atomic E-state index is 11.2. The van der Waals surface area contributed by atoms with Gasteiger partial charge in [-0.2, -0.15) is 0 Å². The molecule has 178 valence electrons. The Balaban J connectivity index is 1.86. The summed E-state index contributed by atoms with van der Waals surface area (Å²) in [5.74, 6) is -0.227. The summed E-state index contributed by atoms with van der Waals surface area (Å²) in [5, 5.41) is 42.1. The fourth-order valence-electron chi connectivity index (χ4n) is 5.71. The Hall–Kier alpha value is -1.03. The Kier molecular flexibility index (Phi) is 7.50. The lowest BCUT2D eigenvalue weighted by Gasteiger charge is -2.56. The molecule has 8 heteroatoms. The zero-order valence-electron chi connectivity index (χ0n) is 18.9. The van der Waals surface area contributed by atoms with E-state index in [9.17, 15) is 25.2 Å². The minimum Gasteiger partial charge on any atom is -0.463 e. The molecule has 0 spiro atoms. The molecule has 2 aliphatic carbocycles. The van der Waals surface area contributed by atoms with Gasteiger partial charge in [0.25, 0.3) is 0 Å². The van der Waals surface area contributed by atoms with Crippen LogP contribution in [0.1, 0.15) is 53.4 Å². The van der Waals surface area contributed by atoms with Crippen molar-refractivity contribution in [3.05, 3.63) is 12.2 Å². The maximum absolute atomic E-state index is 11.2. The highest BCUT2D eigenvalue weighted by molar-refractivity contribution is 5.65. The first-order valence-corrected chi connectivity index (χ1v) is 11.3. The lowest BCUT2D eigenvalue weighted by molar-refractivity contribution is -0.327.